The van der Waals surface area contributed by atoms with Crippen LogP contribution in [0.4, 0.5) is 0 Å². The zero-order valence-electron chi connectivity index (χ0n) is 29.8. The SMILES string of the molecule is CC1C=CC(c2cccc3c2oc2cccc(-c4nc(-c5ccccc5)nc(-c5ccc(-c6ccc7ccccc7c6)c(-c6ccccc6)c5)n4)c23)=CC1. The molecule has 1 atom stereocenters. The molecular formula is C50H35N3O. The second-order valence-corrected chi connectivity index (χ2v) is 14.1. The lowest BCUT2D eigenvalue weighted by Gasteiger charge is -2.14. The number of fused-ring (bicyclic) bond motifs is 4. The number of rotatable bonds is 6. The molecule has 4 nitrogen and oxygen atoms in total. The molecule has 1 unspecified atom stereocenters. The van der Waals surface area contributed by atoms with Crippen molar-refractivity contribution in [3.8, 4) is 56.4 Å². The molecule has 1 aliphatic rings. The van der Waals surface area contributed by atoms with Crippen LogP contribution in [-0.2, 0) is 0 Å². The standard InChI is InChI=1S/C50H35N3O/c1-32-22-24-35(25-23-32)41-18-10-19-42-46-43(20-11-21-45(46)54-47(41)42)50-52-48(36-15-6-3-7-16-36)51-49(53-50)39-28-29-40(44(31-39)34-13-4-2-5-14-34)38-27-26-33-12-8-9-17-37(33)30-38/h2-22,24-32H,23H2,1H3. The van der Waals surface area contributed by atoms with E-state index in [-0.39, 0.29) is 0 Å². The lowest BCUT2D eigenvalue weighted by Crippen LogP contribution is -2.01. The van der Waals surface area contributed by atoms with E-state index in [0.717, 1.165) is 72.9 Å². The predicted molar refractivity (Wildman–Crippen MR) is 223 cm³/mol. The smallest absolute Gasteiger partial charge is 0.164 e. The van der Waals surface area contributed by atoms with E-state index in [2.05, 4.69) is 140 Å². The average Bonchev–Trinajstić information content (AvgIpc) is 3.63. The minimum Gasteiger partial charge on any atom is -0.455 e. The van der Waals surface area contributed by atoms with Gasteiger partial charge in [0, 0.05) is 33.0 Å². The van der Waals surface area contributed by atoms with Crippen molar-refractivity contribution in [2.45, 2.75) is 13.3 Å². The maximum atomic E-state index is 6.66. The molecule has 0 radical (unpaired) electrons. The first-order valence-corrected chi connectivity index (χ1v) is 18.5. The zero-order chi connectivity index (χ0) is 36.0. The van der Waals surface area contributed by atoms with E-state index in [0.29, 0.717) is 23.4 Å². The highest BCUT2D eigenvalue weighted by molar-refractivity contribution is 6.14. The molecule has 7 aromatic carbocycles. The Bertz CT molecular complexity index is 2920. The van der Waals surface area contributed by atoms with Gasteiger partial charge in [0.25, 0.3) is 0 Å². The number of furan rings is 1. The van der Waals surface area contributed by atoms with Gasteiger partial charge in [-0.2, -0.15) is 0 Å². The summed E-state index contributed by atoms with van der Waals surface area (Å²) >= 11 is 0. The van der Waals surface area contributed by atoms with Crippen LogP contribution in [-0.4, -0.2) is 15.0 Å². The molecule has 2 aromatic heterocycles. The fraction of sp³-hybridized carbons (Fsp3) is 0.0600. The summed E-state index contributed by atoms with van der Waals surface area (Å²) in [5.74, 6) is 2.36. The van der Waals surface area contributed by atoms with Crippen molar-refractivity contribution in [3.63, 3.8) is 0 Å². The first kappa shape index (κ1) is 31.8. The van der Waals surface area contributed by atoms with Crippen LogP contribution < -0.4 is 0 Å². The van der Waals surface area contributed by atoms with E-state index in [4.69, 9.17) is 19.4 Å². The van der Waals surface area contributed by atoms with Crippen LogP contribution >= 0.6 is 0 Å². The van der Waals surface area contributed by atoms with Crippen LogP contribution in [0, 0.1) is 5.92 Å². The molecule has 10 rings (SSSR count). The lowest BCUT2D eigenvalue weighted by molar-refractivity contribution is 0.667. The third-order valence-corrected chi connectivity index (χ3v) is 10.5. The van der Waals surface area contributed by atoms with E-state index in [1.54, 1.807) is 0 Å². The third-order valence-electron chi connectivity index (χ3n) is 10.5. The lowest BCUT2D eigenvalue weighted by atomic mass is 9.91. The summed E-state index contributed by atoms with van der Waals surface area (Å²) in [5, 5.41) is 4.47. The number of aromatic nitrogens is 3. The Morgan fingerprint density at radius 3 is 1.98 bits per heavy atom. The molecule has 0 aliphatic heterocycles. The van der Waals surface area contributed by atoms with Gasteiger partial charge in [0.15, 0.2) is 17.5 Å². The van der Waals surface area contributed by atoms with Gasteiger partial charge in [-0.05, 0) is 69.1 Å². The van der Waals surface area contributed by atoms with Crippen molar-refractivity contribution in [3.05, 3.63) is 182 Å². The molecule has 0 bridgehead atoms. The van der Waals surface area contributed by atoms with Crippen LogP contribution in [0.1, 0.15) is 18.9 Å². The Morgan fingerprint density at radius 1 is 0.500 bits per heavy atom. The zero-order valence-corrected chi connectivity index (χ0v) is 29.8. The molecule has 0 fully saturated rings. The Balaban J connectivity index is 1.17. The summed E-state index contributed by atoms with van der Waals surface area (Å²) in [6.07, 6.45) is 7.82. The van der Waals surface area contributed by atoms with E-state index in [1.165, 1.54) is 16.3 Å². The number of nitrogens with zero attached hydrogens (tertiary/aromatic N) is 3. The van der Waals surface area contributed by atoms with Gasteiger partial charge < -0.3 is 4.42 Å². The molecular weight excluding hydrogens is 659 g/mol. The van der Waals surface area contributed by atoms with Gasteiger partial charge in [-0.25, -0.2) is 15.0 Å². The molecule has 1 aliphatic carbocycles. The molecule has 9 aromatic rings. The van der Waals surface area contributed by atoms with Gasteiger partial charge in [-0.15, -0.1) is 0 Å². The molecule has 256 valence electrons. The average molecular weight is 694 g/mol. The molecule has 54 heavy (non-hydrogen) atoms. The fourth-order valence-corrected chi connectivity index (χ4v) is 7.68. The van der Waals surface area contributed by atoms with E-state index >= 15 is 0 Å². The molecule has 0 spiro atoms. The second kappa shape index (κ2) is 13.3. The quantitative estimate of drug-likeness (QED) is 0.174. The molecule has 0 N–H and O–H groups in total. The normalized spacial score (nSPS) is 14.2. The van der Waals surface area contributed by atoms with Gasteiger partial charge in [0.2, 0.25) is 0 Å². The molecule has 2 heterocycles. The summed E-state index contributed by atoms with van der Waals surface area (Å²) in [5.41, 5.74) is 11.3. The van der Waals surface area contributed by atoms with Gasteiger partial charge >= 0.3 is 0 Å². The summed E-state index contributed by atoms with van der Waals surface area (Å²) in [4.78, 5) is 15.5. The fourth-order valence-electron chi connectivity index (χ4n) is 7.68. The molecule has 4 heteroatoms. The highest BCUT2D eigenvalue weighted by Gasteiger charge is 2.21. The molecule has 0 amide bonds. The first-order valence-electron chi connectivity index (χ1n) is 18.5. The van der Waals surface area contributed by atoms with E-state index in [1.807, 2.05) is 42.5 Å². The Labute approximate surface area is 313 Å². The van der Waals surface area contributed by atoms with Crippen molar-refractivity contribution in [1.29, 1.82) is 0 Å². The van der Waals surface area contributed by atoms with E-state index in [9.17, 15) is 0 Å². The maximum Gasteiger partial charge on any atom is 0.164 e. The third kappa shape index (κ3) is 5.69. The van der Waals surface area contributed by atoms with Gasteiger partial charge in [0.05, 0.1) is 0 Å². The van der Waals surface area contributed by atoms with Crippen molar-refractivity contribution in [1.82, 2.24) is 15.0 Å². The Kier molecular flexibility index (Phi) is 7.80. The largest absolute Gasteiger partial charge is 0.455 e. The summed E-state index contributed by atoms with van der Waals surface area (Å²) < 4.78 is 6.66. The van der Waals surface area contributed by atoms with Gasteiger partial charge in [-0.1, -0.05) is 165 Å². The first-order chi connectivity index (χ1) is 26.7. The maximum absolute atomic E-state index is 6.66. The van der Waals surface area contributed by atoms with E-state index < -0.39 is 0 Å². The van der Waals surface area contributed by atoms with Crippen molar-refractivity contribution in [2.75, 3.05) is 0 Å². The van der Waals surface area contributed by atoms with Gasteiger partial charge in [0.1, 0.15) is 11.2 Å². The van der Waals surface area contributed by atoms with Gasteiger partial charge in [-0.3, -0.25) is 0 Å². The monoisotopic (exact) mass is 693 g/mol. The highest BCUT2D eigenvalue weighted by Crippen LogP contribution is 2.41. The number of benzene rings is 7. The number of hydrogen-bond acceptors (Lipinski definition) is 4. The summed E-state index contributed by atoms with van der Waals surface area (Å²) in [6, 6.07) is 55.0. The number of para-hydroxylation sites is 1. The minimum atomic E-state index is 0.533. The van der Waals surface area contributed by atoms with Crippen LogP contribution in [0.3, 0.4) is 0 Å². The van der Waals surface area contributed by atoms with Crippen LogP contribution in [0.5, 0.6) is 0 Å². The number of allylic oxidation sites excluding steroid dienone is 4. The van der Waals surface area contributed by atoms with Crippen molar-refractivity contribution in [2.24, 2.45) is 5.92 Å². The van der Waals surface area contributed by atoms with Crippen molar-refractivity contribution < 1.29 is 4.42 Å². The highest BCUT2D eigenvalue weighted by atomic mass is 16.3. The second-order valence-electron chi connectivity index (χ2n) is 14.1. The minimum absolute atomic E-state index is 0.533. The number of hydrogen-bond donors (Lipinski definition) is 0. The van der Waals surface area contributed by atoms with Crippen LogP contribution in [0.15, 0.2) is 180 Å². The molecule has 0 saturated heterocycles. The summed E-state index contributed by atoms with van der Waals surface area (Å²) in [6.45, 7) is 2.24. The van der Waals surface area contributed by atoms with Crippen LogP contribution in [0.25, 0.3) is 94.7 Å². The Hall–Kier alpha value is -6.91. The molecule has 0 saturated carbocycles. The predicted octanol–water partition coefficient (Wildman–Crippen LogP) is 13.2. The topological polar surface area (TPSA) is 51.8 Å². The summed E-state index contributed by atoms with van der Waals surface area (Å²) in [7, 11) is 0. The Morgan fingerprint density at radius 2 is 1.19 bits per heavy atom. The van der Waals surface area contributed by atoms with Crippen LogP contribution in [0.2, 0.25) is 0 Å². The van der Waals surface area contributed by atoms with Crippen molar-refractivity contribution >= 4 is 38.3 Å².